The summed E-state index contributed by atoms with van der Waals surface area (Å²) in [5.74, 6) is 0.00603. The van der Waals surface area contributed by atoms with E-state index in [1.807, 2.05) is 42.5 Å². The molecule has 6 nitrogen and oxygen atoms in total. The molecule has 2 aromatic rings. The Hall–Kier alpha value is -2.60. The lowest BCUT2D eigenvalue weighted by Gasteiger charge is -2.38. The lowest BCUT2D eigenvalue weighted by Crippen LogP contribution is -2.50. The molecule has 2 heterocycles. The van der Waals surface area contributed by atoms with Gasteiger partial charge >= 0.3 is 6.09 Å². The molecule has 2 aromatic carbocycles. The fourth-order valence-corrected chi connectivity index (χ4v) is 4.19. The van der Waals surface area contributed by atoms with Gasteiger partial charge in [-0.2, -0.15) is 0 Å². The third kappa shape index (κ3) is 3.76. The first-order valence-electron chi connectivity index (χ1n) is 9.49. The molecule has 2 amide bonds. The largest absolute Gasteiger partial charge is 0.440 e. The fourth-order valence-electron chi connectivity index (χ4n) is 4.19. The monoisotopic (exact) mass is 367 g/mol. The van der Waals surface area contributed by atoms with Gasteiger partial charge in [-0.3, -0.25) is 9.69 Å². The van der Waals surface area contributed by atoms with Crippen LogP contribution >= 0.6 is 0 Å². The normalized spacial score (nSPS) is 23.0. The number of nitrogens with one attached hydrogen (secondary N) is 1. The molecule has 1 atom stereocenters. The number of piperidine rings is 1. The van der Waals surface area contributed by atoms with Crippen LogP contribution < -0.4 is 5.32 Å². The molecule has 0 aliphatic carbocycles. The van der Waals surface area contributed by atoms with Crippen molar-refractivity contribution in [1.82, 2.24) is 9.80 Å². The predicted octanol–water partition coefficient (Wildman–Crippen LogP) is 3.09. The summed E-state index contributed by atoms with van der Waals surface area (Å²) < 4.78 is 5.63. The number of nitrogens with zero attached hydrogens (tertiary/aromatic N) is 2. The molecule has 142 valence electrons. The van der Waals surface area contributed by atoms with Crippen LogP contribution in [0.25, 0.3) is 10.8 Å². The summed E-state index contributed by atoms with van der Waals surface area (Å²) in [4.78, 5) is 28.1. The third-order valence-corrected chi connectivity index (χ3v) is 5.48. The van der Waals surface area contributed by atoms with E-state index in [2.05, 4.69) is 10.2 Å². The quantitative estimate of drug-likeness (QED) is 0.902. The molecule has 0 unspecified atom stereocenters. The molecule has 0 bridgehead atoms. The highest BCUT2D eigenvalue weighted by Gasteiger charge is 2.46. The number of hydrogen-bond acceptors (Lipinski definition) is 4. The Morgan fingerprint density at radius 2 is 2.00 bits per heavy atom. The van der Waals surface area contributed by atoms with E-state index in [4.69, 9.17) is 4.74 Å². The number of likely N-dealkylation sites (N-methyl/N-ethyl adjacent to an activating group) is 1. The van der Waals surface area contributed by atoms with E-state index in [0.29, 0.717) is 26.1 Å². The van der Waals surface area contributed by atoms with Gasteiger partial charge in [0.15, 0.2) is 0 Å². The van der Waals surface area contributed by atoms with Crippen molar-refractivity contribution in [3.63, 3.8) is 0 Å². The van der Waals surface area contributed by atoms with Crippen LogP contribution in [-0.4, -0.2) is 60.6 Å². The first kappa shape index (κ1) is 17.8. The lowest BCUT2D eigenvalue weighted by molar-refractivity contribution is -0.116. The van der Waals surface area contributed by atoms with Crippen molar-refractivity contribution in [2.75, 3.05) is 38.5 Å². The zero-order chi connectivity index (χ0) is 18.9. The molecule has 0 aromatic heterocycles. The van der Waals surface area contributed by atoms with Crippen molar-refractivity contribution in [2.24, 2.45) is 0 Å². The number of rotatable bonds is 4. The van der Waals surface area contributed by atoms with E-state index in [9.17, 15) is 9.59 Å². The van der Waals surface area contributed by atoms with Crippen molar-refractivity contribution in [3.8, 4) is 0 Å². The predicted molar refractivity (Wildman–Crippen MR) is 105 cm³/mol. The molecule has 0 saturated carbocycles. The van der Waals surface area contributed by atoms with Crippen LogP contribution in [0.5, 0.6) is 0 Å². The summed E-state index contributed by atoms with van der Waals surface area (Å²) in [6, 6.07) is 14.0. The van der Waals surface area contributed by atoms with Gasteiger partial charge in [-0.15, -0.1) is 0 Å². The Bertz CT molecular complexity index is 863. The minimum atomic E-state index is -0.407. The summed E-state index contributed by atoms with van der Waals surface area (Å²) in [6.45, 7) is 2.93. The minimum Gasteiger partial charge on any atom is -0.440 e. The van der Waals surface area contributed by atoms with Gasteiger partial charge < -0.3 is 15.0 Å². The molecule has 2 aliphatic heterocycles. The summed E-state index contributed by atoms with van der Waals surface area (Å²) >= 11 is 0. The second kappa shape index (κ2) is 7.19. The van der Waals surface area contributed by atoms with Crippen molar-refractivity contribution < 1.29 is 14.3 Å². The standard InChI is InChI=1S/C21H25N3O3/c1-23-14-21(27-20(23)26)11-5-12-24(15-21)13-10-19(25)22-18-9-4-7-16-6-2-3-8-17(16)18/h2-4,6-9H,5,10-15H2,1H3,(H,22,25)/t21-/m0/s1. The molecular formula is C21H25N3O3. The van der Waals surface area contributed by atoms with Gasteiger partial charge in [0.1, 0.15) is 5.60 Å². The van der Waals surface area contributed by atoms with Crippen LogP contribution in [0.15, 0.2) is 42.5 Å². The van der Waals surface area contributed by atoms with Crippen molar-refractivity contribution in [3.05, 3.63) is 42.5 Å². The number of fused-ring (bicyclic) bond motifs is 1. The first-order chi connectivity index (χ1) is 13.0. The molecule has 0 radical (unpaired) electrons. The van der Waals surface area contributed by atoms with Crippen molar-refractivity contribution in [2.45, 2.75) is 24.9 Å². The Kier molecular flexibility index (Phi) is 4.74. The number of carbonyl (C=O) groups excluding carboxylic acids is 2. The average molecular weight is 367 g/mol. The highest BCUT2D eigenvalue weighted by molar-refractivity contribution is 6.02. The third-order valence-electron chi connectivity index (χ3n) is 5.48. The average Bonchev–Trinajstić information content (AvgIpc) is 2.93. The van der Waals surface area contributed by atoms with Crippen LogP contribution in [0.1, 0.15) is 19.3 Å². The molecule has 2 fully saturated rings. The number of benzene rings is 2. The maximum Gasteiger partial charge on any atom is 0.410 e. The second-order valence-electron chi connectivity index (χ2n) is 7.61. The zero-order valence-corrected chi connectivity index (χ0v) is 15.6. The van der Waals surface area contributed by atoms with E-state index in [1.165, 1.54) is 0 Å². The Morgan fingerprint density at radius 1 is 1.19 bits per heavy atom. The maximum atomic E-state index is 12.5. The number of likely N-dealkylation sites (tertiary alicyclic amines) is 1. The SMILES string of the molecule is CN1C[C@]2(CCCN(CCC(=O)Nc3cccc4ccccc34)C2)OC1=O. The van der Waals surface area contributed by atoms with Crippen LogP contribution in [0.2, 0.25) is 0 Å². The van der Waals surface area contributed by atoms with Gasteiger partial charge in [-0.1, -0.05) is 36.4 Å². The van der Waals surface area contributed by atoms with E-state index in [-0.39, 0.29) is 12.0 Å². The van der Waals surface area contributed by atoms with Gasteiger partial charge in [0, 0.05) is 37.6 Å². The molecule has 6 heteroatoms. The van der Waals surface area contributed by atoms with Gasteiger partial charge in [-0.05, 0) is 30.8 Å². The molecule has 2 aliphatic rings. The van der Waals surface area contributed by atoms with Crippen LogP contribution in [0, 0.1) is 0 Å². The Balaban J connectivity index is 1.35. The minimum absolute atomic E-state index is 0.00603. The number of anilines is 1. The highest BCUT2D eigenvalue weighted by Crippen LogP contribution is 2.31. The number of ether oxygens (including phenoxy) is 1. The van der Waals surface area contributed by atoms with Gasteiger partial charge in [0.25, 0.3) is 0 Å². The molecular weight excluding hydrogens is 342 g/mol. The topological polar surface area (TPSA) is 61.9 Å². The Labute approximate surface area is 159 Å². The van der Waals surface area contributed by atoms with Gasteiger partial charge in [0.2, 0.25) is 5.91 Å². The summed E-state index contributed by atoms with van der Waals surface area (Å²) in [6.07, 6.45) is 2.04. The van der Waals surface area contributed by atoms with Crippen LogP contribution in [0.3, 0.4) is 0 Å². The zero-order valence-electron chi connectivity index (χ0n) is 15.6. The molecule has 1 spiro atoms. The number of hydrogen-bond donors (Lipinski definition) is 1. The Morgan fingerprint density at radius 3 is 2.81 bits per heavy atom. The summed E-state index contributed by atoms with van der Waals surface area (Å²) in [5, 5.41) is 5.20. The molecule has 27 heavy (non-hydrogen) atoms. The number of carbonyl (C=O) groups is 2. The summed E-state index contributed by atoms with van der Waals surface area (Å²) in [7, 11) is 1.77. The molecule has 1 N–H and O–H groups in total. The van der Waals surface area contributed by atoms with Crippen molar-refractivity contribution in [1.29, 1.82) is 0 Å². The maximum absolute atomic E-state index is 12.5. The van der Waals surface area contributed by atoms with E-state index in [0.717, 1.165) is 35.8 Å². The van der Waals surface area contributed by atoms with E-state index >= 15 is 0 Å². The number of amides is 2. The smallest absolute Gasteiger partial charge is 0.410 e. The molecule has 2 saturated heterocycles. The van der Waals surface area contributed by atoms with Crippen LogP contribution in [-0.2, 0) is 9.53 Å². The van der Waals surface area contributed by atoms with E-state index in [1.54, 1.807) is 11.9 Å². The summed E-state index contributed by atoms with van der Waals surface area (Å²) in [5.41, 5.74) is 0.440. The lowest BCUT2D eigenvalue weighted by atomic mass is 9.92. The van der Waals surface area contributed by atoms with E-state index < -0.39 is 5.60 Å². The highest BCUT2D eigenvalue weighted by atomic mass is 16.6. The fraction of sp³-hybridized carbons (Fsp3) is 0.429. The molecule has 4 rings (SSSR count). The van der Waals surface area contributed by atoms with Crippen molar-refractivity contribution >= 4 is 28.5 Å². The first-order valence-corrected chi connectivity index (χ1v) is 9.49. The second-order valence-corrected chi connectivity index (χ2v) is 7.61. The van der Waals surface area contributed by atoms with Crippen LogP contribution in [0.4, 0.5) is 10.5 Å². The van der Waals surface area contributed by atoms with Gasteiger partial charge in [-0.25, -0.2) is 4.79 Å². The van der Waals surface area contributed by atoms with Gasteiger partial charge in [0.05, 0.1) is 6.54 Å².